The summed E-state index contributed by atoms with van der Waals surface area (Å²) < 4.78 is 6.58. The Morgan fingerprint density at radius 1 is 1.57 bits per heavy atom. The van der Waals surface area contributed by atoms with Crippen LogP contribution in [-0.2, 0) is 23.0 Å². The van der Waals surface area contributed by atoms with Gasteiger partial charge in [-0.3, -0.25) is 9.48 Å². The summed E-state index contributed by atoms with van der Waals surface area (Å²) in [6.45, 7) is 0.520. The van der Waals surface area contributed by atoms with Gasteiger partial charge in [0.25, 0.3) is 0 Å². The summed E-state index contributed by atoms with van der Waals surface area (Å²) >= 11 is 0. The van der Waals surface area contributed by atoms with Gasteiger partial charge in [0, 0.05) is 33.2 Å². The van der Waals surface area contributed by atoms with Crippen LogP contribution in [0.25, 0.3) is 0 Å². The monoisotopic (exact) mass is 196 g/mol. The minimum Gasteiger partial charge on any atom is -0.384 e. The van der Waals surface area contributed by atoms with E-state index in [1.54, 1.807) is 18.0 Å². The molecule has 0 aliphatic rings. The van der Waals surface area contributed by atoms with Crippen LogP contribution < -0.4 is 0 Å². The van der Waals surface area contributed by atoms with Crippen LogP contribution >= 0.6 is 0 Å². The Bertz CT molecular complexity index is 294. The third-order valence-corrected chi connectivity index (χ3v) is 2.04. The van der Waals surface area contributed by atoms with E-state index in [-0.39, 0.29) is 5.78 Å². The highest BCUT2D eigenvalue weighted by atomic mass is 16.5. The van der Waals surface area contributed by atoms with Gasteiger partial charge in [0.1, 0.15) is 5.78 Å². The zero-order valence-electron chi connectivity index (χ0n) is 8.69. The molecule has 0 spiro atoms. The first kappa shape index (κ1) is 10.9. The van der Waals surface area contributed by atoms with Crippen LogP contribution in [0.3, 0.4) is 0 Å². The van der Waals surface area contributed by atoms with Crippen molar-refractivity contribution in [3.8, 4) is 0 Å². The summed E-state index contributed by atoms with van der Waals surface area (Å²) in [5, 5.41) is 4.04. The Morgan fingerprint density at radius 2 is 2.36 bits per heavy atom. The van der Waals surface area contributed by atoms with Crippen LogP contribution in [0.4, 0.5) is 0 Å². The molecular weight excluding hydrogens is 180 g/mol. The van der Waals surface area contributed by atoms with Crippen molar-refractivity contribution >= 4 is 5.78 Å². The molecule has 0 saturated carbocycles. The number of nitrogens with zero attached hydrogens (tertiary/aromatic N) is 2. The first-order valence-electron chi connectivity index (χ1n) is 4.70. The number of carbonyl (C=O) groups excluding carboxylic acids is 1. The molecule has 0 bridgehead atoms. The molecule has 0 atom stereocenters. The molecule has 4 nitrogen and oxygen atoms in total. The molecule has 1 aromatic heterocycles. The van der Waals surface area contributed by atoms with Gasteiger partial charge in [0.05, 0.1) is 12.8 Å². The zero-order chi connectivity index (χ0) is 10.4. The summed E-state index contributed by atoms with van der Waals surface area (Å²) in [7, 11) is 3.48. The third kappa shape index (κ3) is 3.70. The number of hydrogen-bond donors (Lipinski definition) is 0. The van der Waals surface area contributed by atoms with Crippen LogP contribution in [0, 0.1) is 0 Å². The van der Waals surface area contributed by atoms with Crippen molar-refractivity contribution < 1.29 is 9.53 Å². The van der Waals surface area contributed by atoms with Crippen LogP contribution in [0.1, 0.15) is 18.4 Å². The Hall–Kier alpha value is -1.16. The first-order chi connectivity index (χ1) is 6.72. The molecule has 4 heteroatoms. The van der Waals surface area contributed by atoms with E-state index in [9.17, 15) is 4.79 Å². The van der Waals surface area contributed by atoms with Gasteiger partial charge >= 0.3 is 0 Å². The van der Waals surface area contributed by atoms with Gasteiger partial charge in [-0.1, -0.05) is 0 Å². The Morgan fingerprint density at radius 3 is 2.93 bits per heavy atom. The molecule has 0 N–H and O–H groups in total. The van der Waals surface area contributed by atoms with Gasteiger partial charge < -0.3 is 4.74 Å². The predicted molar refractivity (Wildman–Crippen MR) is 53.0 cm³/mol. The van der Waals surface area contributed by atoms with Gasteiger partial charge in [0.15, 0.2) is 0 Å². The van der Waals surface area contributed by atoms with Crippen LogP contribution in [0.5, 0.6) is 0 Å². The SMILES string of the molecule is COCCC(=O)CCc1cnn(C)c1. The van der Waals surface area contributed by atoms with Crippen molar-refractivity contribution in [2.75, 3.05) is 13.7 Å². The second-order valence-corrected chi connectivity index (χ2v) is 3.30. The number of Topliss-reactive ketones (excluding diaryl/α,β-unsaturated/α-hetero) is 1. The average molecular weight is 196 g/mol. The van der Waals surface area contributed by atoms with E-state index in [1.165, 1.54) is 0 Å². The van der Waals surface area contributed by atoms with E-state index in [0.717, 1.165) is 12.0 Å². The smallest absolute Gasteiger partial charge is 0.135 e. The molecule has 0 fully saturated rings. The van der Waals surface area contributed by atoms with E-state index < -0.39 is 0 Å². The minimum absolute atomic E-state index is 0.246. The number of methoxy groups -OCH3 is 1. The fourth-order valence-electron chi connectivity index (χ4n) is 1.23. The van der Waals surface area contributed by atoms with Crippen molar-refractivity contribution in [2.24, 2.45) is 7.05 Å². The van der Waals surface area contributed by atoms with Crippen molar-refractivity contribution in [1.29, 1.82) is 0 Å². The van der Waals surface area contributed by atoms with Crippen molar-refractivity contribution in [3.05, 3.63) is 18.0 Å². The molecule has 14 heavy (non-hydrogen) atoms. The molecule has 0 radical (unpaired) electrons. The Labute approximate surface area is 83.9 Å². The molecule has 0 unspecified atom stereocenters. The van der Waals surface area contributed by atoms with Crippen LogP contribution in [0.2, 0.25) is 0 Å². The highest BCUT2D eigenvalue weighted by Crippen LogP contribution is 2.02. The summed E-state index contributed by atoms with van der Waals surface area (Å²) in [5.74, 6) is 0.246. The van der Waals surface area contributed by atoms with E-state index >= 15 is 0 Å². The molecule has 0 saturated heterocycles. The third-order valence-electron chi connectivity index (χ3n) is 2.04. The normalized spacial score (nSPS) is 10.4. The fourth-order valence-corrected chi connectivity index (χ4v) is 1.23. The van der Waals surface area contributed by atoms with Gasteiger partial charge in [-0.15, -0.1) is 0 Å². The summed E-state index contributed by atoms with van der Waals surface area (Å²) in [5.41, 5.74) is 1.11. The molecule has 1 aromatic rings. The highest BCUT2D eigenvalue weighted by Gasteiger charge is 2.03. The molecule has 0 amide bonds. The number of aromatic nitrogens is 2. The maximum atomic E-state index is 11.3. The number of ether oxygens (including phenoxy) is 1. The van der Waals surface area contributed by atoms with E-state index in [4.69, 9.17) is 4.74 Å². The lowest BCUT2D eigenvalue weighted by atomic mass is 10.1. The van der Waals surface area contributed by atoms with Gasteiger partial charge in [0.2, 0.25) is 0 Å². The second kappa shape index (κ2) is 5.54. The summed E-state index contributed by atoms with van der Waals surface area (Å²) in [6.07, 6.45) is 5.59. The topological polar surface area (TPSA) is 44.1 Å². The van der Waals surface area contributed by atoms with Crippen molar-refractivity contribution in [1.82, 2.24) is 9.78 Å². The summed E-state index contributed by atoms with van der Waals surface area (Å²) in [4.78, 5) is 11.3. The first-order valence-corrected chi connectivity index (χ1v) is 4.70. The van der Waals surface area contributed by atoms with Gasteiger partial charge in [-0.2, -0.15) is 5.10 Å². The van der Waals surface area contributed by atoms with Crippen molar-refractivity contribution in [3.63, 3.8) is 0 Å². The minimum atomic E-state index is 0.246. The number of rotatable bonds is 6. The molecule has 78 valence electrons. The largest absolute Gasteiger partial charge is 0.384 e. The second-order valence-electron chi connectivity index (χ2n) is 3.30. The lowest BCUT2D eigenvalue weighted by Gasteiger charge is -1.98. The van der Waals surface area contributed by atoms with E-state index in [2.05, 4.69) is 5.10 Å². The predicted octanol–water partition coefficient (Wildman–Crippen LogP) is 0.958. The molecule has 1 heterocycles. The fraction of sp³-hybridized carbons (Fsp3) is 0.600. The highest BCUT2D eigenvalue weighted by molar-refractivity contribution is 5.78. The number of aryl methyl sites for hydroxylation is 2. The van der Waals surface area contributed by atoms with E-state index in [0.29, 0.717) is 19.4 Å². The van der Waals surface area contributed by atoms with Crippen LogP contribution in [-0.4, -0.2) is 29.3 Å². The van der Waals surface area contributed by atoms with Gasteiger partial charge in [-0.25, -0.2) is 0 Å². The van der Waals surface area contributed by atoms with Crippen LogP contribution in [0.15, 0.2) is 12.4 Å². The van der Waals surface area contributed by atoms with Gasteiger partial charge in [-0.05, 0) is 12.0 Å². The molecule has 1 rings (SSSR count). The molecule has 0 aliphatic carbocycles. The summed E-state index contributed by atoms with van der Waals surface area (Å²) in [6, 6.07) is 0. The molecular formula is C10H16N2O2. The molecule has 0 aliphatic heterocycles. The number of ketones is 1. The number of carbonyl (C=O) groups is 1. The lowest BCUT2D eigenvalue weighted by molar-refractivity contribution is -0.119. The lowest BCUT2D eigenvalue weighted by Crippen LogP contribution is -2.03. The quantitative estimate of drug-likeness (QED) is 0.680. The Balaban J connectivity index is 2.23. The average Bonchev–Trinajstić information content (AvgIpc) is 2.58. The maximum Gasteiger partial charge on any atom is 0.135 e. The molecule has 0 aromatic carbocycles. The van der Waals surface area contributed by atoms with Crippen molar-refractivity contribution in [2.45, 2.75) is 19.3 Å². The standard InChI is InChI=1S/C10H16N2O2/c1-12-8-9(7-11-12)3-4-10(13)5-6-14-2/h7-8H,3-6H2,1-2H3. The zero-order valence-corrected chi connectivity index (χ0v) is 8.69. The maximum absolute atomic E-state index is 11.3. The Kier molecular flexibility index (Phi) is 4.32. The van der Waals surface area contributed by atoms with E-state index in [1.807, 2.05) is 13.2 Å². The number of hydrogen-bond acceptors (Lipinski definition) is 3.